The number of fused-ring (bicyclic) bond motifs is 1. The Morgan fingerprint density at radius 2 is 2.05 bits per heavy atom. The molecule has 0 aliphatic heterocycles. The summed E-state index contributed by atoms with van der Waals surface area (Å²) in [4.78, 5) is 14.9. The molecule has 0 saturated carbocycles. The zero-order valence-corrected chi connectivity index (χ0v) is 11.6. The van der Waals surface area contributed by atoms with E-state index in [1.54, 1.807) is 11.7 Å². The predicted octanol–water partition coefficient (Wildman–Crippen LogP) is 3.04. The van der Waals surface area contributed by atoms with Gasteiger partial charge in [0.05, 0.1) is 19.2 Å². The zero-order chi connectivity index (χ0) is 14.1. The van der Waals surface area contributed by atoms with Gasteiger partial charge in [-0.25, -0.2) is 4.79 Å². The summed E-state index contributed by atoms with van der Waals surface area (Å²) in [7, 11) is 1.59. The summed E-state index contributed by atoms with van der Waals surface area (Å²) < 4.78 is 6.99. The molecule has 5 heteroatoms. The van der Waals surface area contributed by atoms with Gasteiger partial charge in [0, 0.05) is 5.02 Å². The smallest absolute Gasteiger partial charge is 0.326 e. The van der Waals surface area contributed by atoms with Crippen LogP contribution in [0, 0.1) is 0 Å². The molecule has 3 rings (SSSR count). The van der Waals surface area contributed by atoms with Crippen molar-refractivity contribution in [2.24, 2.45) is 0 Å². The van der Waals surface area contributed by atoms with Gasteiger partial charge in [0.1, 0.15) is 11.3 Å². The highest BCUT2D eigenvalue weighted by atomic mass is 35.5. The second-order valence-corrected chi connectivity index (χ2v) is 4.94. The number of ether oxygens (including phenoxy) is 1. The third kappa shape index (κ3) is 2.18. The molecule has 1 heterocycles. The number of rotatable bonds is 3. The van der Waals surface area contributed by atoms with Gasteiger partial charge in [-0.1, -0.05) is 29.8 Å². The van der Waals surface area contributed by atoms with Crippen LogP contribution in [0.5, 0.6) is 5.75 Å². The Hall–Kier alpha value is -2.20. The Morgan fingerprint density at radius 3 is 2.80 bits per heavy atom. The molecule has 0 aliphatic carbocycles. The first-order valence-electron chi connectivity index (χ1n) is 6.19. The SMILES string of the molecule is COc1cccc2[nH]c(=O)n(Cc3cccc(Cl)c3)c12. The highest BCUT2D eigenvalue weighted by Crippen LogP contribution is 2.24. The molecule has 0 amide bonds. The zero-order valence-electron chi connectivity index (χ0n) is 10.9. The molecule has 0 unspecified atom stereocenters. The summed E-state index contributed by atoms with van der Waals surface area (Å²) in [5.41, 5.74) is 2.33. The number of H-pyrrole nitrogens is 1. The van der Waals surface area contributed by atoms with Gasteiger partial charge in [0.25, 0.3) is 0 Å². The third-order valence-corrected chi connectivity index (χ3v) is 3.44. The first-order valence-corrected chi connectivity index (χ1v) is 6.57. The number of nitrogens with zero attached hydrogens (tertiary/aromatic N) is 1. The van der Waals surface area contributed by atoms with Crippen molar-refractivity contribution in [3.8, 4) is 5.75 Å². The standard InChI is InChI=1S/C15H13ClN2O2/c1-20-13-7-3-6-12-14(13)18(15(19)17-12)9-10-4-2-5-11(16)8-10/h2-8H,9H2,1H3,(H,17,19). The summed E-state index contributed by atoms with van der Waals surface area (Å²) >= 11 is 5.98. The molecule has 2 aromatic carbocycles. The van der Waals surface area contributed by atoms with Crippen LogP contribution in [0.1, 0.15) is 5.56 Å². The first kappa shape index (κ1) is 12.8. The van der Waals surface area contributed by atoms with Crippen LogP contribution in [0.25, 0.3) is 11.0 Å². The Balaban J connectivity index is 2.16. The molecule has 4 nitrogen and oxygen atoms in total. The molecule has 1 N–H and O–H groups in total. The van der Waals surface area contributed by atoms with Crippen LogP contribution in [0.15, 0.2) is 47.3 Å². The van der Waals surface area contributed by atoms with Gasteiger partial charge in [-0.2, -0.15) is 0 Å². The maximum atomic E-state index is 12.1. The van der Waals surface area contributed by atoms with Gasteiger partial charge < -0.3 is 9.72 Å². The number of aromatic amines is 1. The van der Waals surface area contributed by atoms with Gasteiger partial charge in [-0.15, -0.1) is 0 Å². The Kier molecular flexibility index (Phi) is 3.24. The van der Waals surface area contributed by atoms with Crippen molar-refractivity contribution in [1.82, 2.24) is 9.55 Å². The fraction of sp³-hybridized carbons (Fsp3) is 0.133. The minimum atomic E-state index is -0.163. The molecule has 1 aromatic heterocycles. The normalized spacial score (nSPS) is 10.9. The summed E-state index contributed by atoms with van der Waals surface area (Å²) in [6.07, 6.45) is 0. The fourth-order valence-electron chi connectivity index (χ4n) is 2.32. The van der Waals surface area contributed by atoms with E-state index in [4.69, 9.17) is 16.3 Å². The number of aromatic nitrogens is 2. The van der Waals surface area contributed by atoms with Crippen LogP contribution >= 0.6 is 11.6 Å². The number of hydrogen-bond acceptors (Lipinski definition) is 2. The van der Waals surface area contributed by atoms with Crippen LogP contribution in [0.2, 0.25) is 5.02 Å². The Bertz CT molecular complexity index is 820. The van der Waals surface area contributed by atoms with Crippen LogP contribution in [0.3, 0.4) is 0 Å². The largest absolute Gasteiger partial charge is 0.494 e. The number of benzene rings is 2. The van der Waals surface area contributed by atoms with E-state index in [2.05, 4.69) is 4.98 Å². The minimum absolute atomic E-state index is 0.163. The monoisotopic (exact) mass is 288 g/mol. The van der Waals surface area contributed by atoms with Crippen molar-refractivity contribution in [2.75, 3.05) is 7.11 Å². The van der Waals surface area contributed by atoms with E-state index >= 15 is 0 Å². The van der Waals surface area contributed by atoms with E-state index in [0.29, 0.717) is 17.3 Å². The molecule has 0 aliphatic rings. The van der Waals surface area contributed by atoms with E-state index in [9.17, 15) is 4.79 Å². The van der Waals surface area contributed by atoms with Gasteiger partial charge in [0.15, 0.2) is 0 Å². The highest BCUT2D eigenvalue weighted by molar-refractivity contribution is 6.30. The van der Waals surface area contributed by atoms with Crippen molar-refractivity contribution >= 4 is 22.6 Å². The maximum absolute atomic E-state index is 12.1. The Labute approximate surface area is 120 Å². The van der Waals surface area contributed by atoms with Crippen molar-refractivity contribution in [1.29, 1.82) is 0 Å². The van der Waals surface area contributed by atoms with Gasteiger partial charge in [-0.3, -0.25) is 4.57 Å². The average Bonchev–Trinajstić information content (AvgIpc) is 2.75. The van der Waals surface area contributed by atoms with Crippen molar-refractivity contribution in [2.45, 2.75) is 6.54 Å². The molecular weight excluding hydrogens is 276 g/mol. The minimum Gasteiger partial charge on any atom is -0.494 e. The molecule has 0 spiro atoms. The molecule has 20 heavy (non-hydrogen) atoms. The Morgan fingerprint density at radius 1 is 1.25 bits per heavy atom. The lowest BCUT2D eigenvalue weighted by atomic mass is 10.2. The molecule has 0 radical (unpaired) electrons. The lowest BCUT2D eigenvalue weighted by molar-refractivity contribution is 0.417. The second kappa shape index (κ2) is 5.06. The van der Waals surface area contributed by atoms with Crippen molar-refractivity contribution in [3.63, 3.8) is 0 Å². The average molecular weight is 289 g/mol. The van der Waals surface area contributed by atoms with Crippen LogP contribution < -0.4 is 10.4 Å². The number of nitrogens with one attached hydrogen (secondary N) is 1. The topological polar surface area (TPSA) is 47.0 Å². The summed E-state index contributed by atoms with van der Waals surface area (Å²) in [5, 5.41) is 0.655. The second-order valence-electron chi connectivity index (χ2n) is 4.50. The van der Waals surface area contributed by atoms with Crippen LogP contribution in [0.4, 0.5) is 0 Å². The quantitative estimate of drug-likeness (QED) is 0.805. The van der Waals surface area contributed by atoms with Gasteiger partial charge in [0.2, 0.25) is 0 Å². The first-order chi connectivity index (χ1) is 9.69. The number of para-hydroxylation sites is 1. The number of imidazole rings is 1. The molecule has 102 valence electrons. The molecule has 0 saturated heterocycles. The van der Waals surface area contributed by atoms with Gasteiger partial charge in [-0.05, 0) is 29.8 Å². The number of methoxy groups -OCH3 is 1. The number of halogens is 1. The third-order valence-electron chi connectivity index (χ3n) is 3.21. The summed E-state index contributed by atoms with van der Waals surface area (Å²) in [6, 6.07) is 13.0. The number of hydrogen-bond donors (Lipinski definition) is 1. The molecule has 0 atom stereocenters. The molecular formula is C15H13ClN2O2. The predicted molar refractivity (Wildman–Crippen MR) is 79.7 cm³/mol. The summed E-state index contributed by atoms with van der Waals surface area (Å²) in [6.45, 7) is 0.444. The van der Waals surface area contributed by atoms with Crippen molar-refractivity contribution < 1.29 is 4.74 Å². The van der Waals surface area contributed by atoms with E-state index in [1.165, 1.54) is 0 Å². The molecule has 0 bridgehead atoms. The summed E-state index contributed by atoms with van der Waals surface area (Å²) in [5.74, 6) is 0.669. The van der Waals surface area contributed by atoms with Crippen LogP contribution in [-0.2, 0) is 6.54 Å². The van der Waals surface area contributed by atoms with E-state index < -0.39 is 0 Å². The fourth-order valence-corrected chi connectivity index (χ4v) is 2.53. The van der Waals surface area contributed by atoms with E-state index in [1.807, 2.05) is 42.5 Å². The van der Waals surface area contributed by atoms with Crippen LogP contribution in [-0.4, -0.2) is 16.7 Å². The molecule has 0 fully saturated rings. The molecule has 3 aromatic rings. The van der Waals surface area contributed by atoms with E-state index in [-0.39, 0.29) is 5.69 Å². The van der Waals surface area contributed by atoms with Gasteiger partial charge >= 0.3 is 5.69 Å². The van der Waals surface area contributed by atoms with E-state index in [0.717, 1.165) is 16.6 Å². The lowest BCUT2D eigenvalue weighted by Crippen LogP contribution is -2.17. The van der Waals surface area contributed by atoms with Crippen molar-refractivity contribution in [3.05, 3.63) is 63.5 Å². The highest BCUT2D eigenvalue weighted by Gasteiger charge is 2.11. The lowest BCUT2D eigenvalue weighted by Gasteiger charge is -2.07. The maximum Gasteiger partial charge on any atom is 0.326 e.